The lowest BCUT2D eigenvalue weighted by molar-refractivity contribution is 1.14. The zero-order valence-electron chi connectivity index (χ0n) is 12.1. The Kier molecular flexibility index (Phi) is 2.29. The van der Waals surface area contributed by atoms with Gasteiger partial charge in [0.1, 0.15) is 0 Å². The van der Waals surface area contributed by atoms with E-state index < -0.39 is 0 Å². The van der Waals surface area contributed by atoms with Crippen molar-refractivity contribution in [2.45, 2.75) is 27.2 Å². The number of hydrogen-bond donors (Lipinski definition) is 0. The van der Waals surface area contributed by atoms with Gasteiger partial charge in [0.2, 0.25) is 0 Å². The third kappa shape index (κ3) is 1.53. The first kappa shape index (κ1) is 11.7. The molecule has 0 fully saturated rings. The van der Waals surface area contributed by atoms with E-state index in [1.54, 1.807) is 0 Å². The summed E-state index contributed by atoms with van der Waals surface area (Å²) in [5.41, 5.74) is 10.5. The molecule has 1 aliphatic rings. The van der Waals surface area contributed by atoms with Crippen LogP contribution in [0.2, 0.25) is 0 Å². The van der Waals surface area contributed by atoms with Crippen molar-refractivity contribution >= 4 is 10.9 Å². The van der Waals surface area contributed by atoms with Crippen LogP contribution in [0.25, 0.3) is 22.0 Å². The van der Waals surface area contributed by atoms with Crippen LogP contribution in [0.5, 0.6) is 0 Å². The molecule has 0 unspecified atom stereocenters. The highest BCUT2D eigenvalue weighted by Gasteiger charge is 2.21. The van der Waals surface area contributed by atoms with E-state index in [4.69, 9.17) is 4.98 Å². The zero-order valence-corrected chi connectivity index (χ0v) is 12.1. The predicted octanol–water partition coefficient (Wildman–Crippen LogP) is 4.73. The molecule has 20 heavy (non-hydrogen) atoms. The summed E-state index contributed by atoms with van der Waals surface area (Å²) >= 11 is 0. The lowest BCUT2D eigenvalue weighted by Crippen LogP contribution is -1.90. The first-order chi connectivity index (χ1) is 9.63. The van der Waals surface area contributed by atoms with Crippen LogP contribution in [0.1, 0.15) is 27.9 Å². The van der Waals surface area contributed by atoms with E-state index in [2.05, 4.69) is 57.2 Å². The summed E-state index contributed by atoms with van der Waals surface area (Å²) in [5.74, 6) is 0. The second kappa shape index (κ2) is 3.92. The predicted molar refractivity (Wildman–Crippen MR) is 84.2 cm³/mol. The fourth-order valence-corrected chi connectivity index (χ4v) is 3.21. The second-order valence-electron chi connectivity index (χ2n) is 5.90. The fraction of sp³-hybridized carbons (Fsp3) is 0.211. The molecule has 0 aliphatic heterocycles. The smallest absolute Gasteiger partial charge is 0.0735 e. The maximum Gasteiger partial charge on any atom is 0.0735 e. The number of hydrogen-bond acceptors (Lipinski definition) is 1. The van der Waals surface area contributed by atoms with Gasteiger partial charge in [0, 0.05) is 17.4 Å². The average Bonchev–Trinajstić information content (AvgIpc) is 2.75. The van der Waals surface area contributed by atoms with Gasteiger partial charge < -0.3 is 0 Å². The Morgan fingerprint density at radius 1 is 0.850 bits per heavy atom. The minimum absolute atomic E-state index is 0.968. The lowest BCUT2D eigenvalue weighted by atomic mass is 9.99. The Bertz CT molecular complexity index is 859. The molecular formula is C19H17N. The van der Waals surface area contributed by atoms with Crippen LogP contribution < -0.4 is 0 Å². The molecule has 1 aliphatic carbocycles. The van der Waals surface area contributed by atoms with E-state index in [-0.39, 0.29) is 0 Å². The van der Waals surface area contributed by atoms with Crippen LogP contribution in [0.3, 0.4) is 0 Å². The van der Waals surface area contributed by atoms with Crippen LogP contribution in [0.15, 0.2) is 36.4 Å². The SMILES string of the molecule is Cc1cc2c(cc1C)-c1cc3cccc(C)c3nc1C2. The van der Waals surface area contributed by atoms with E-state index in [0.717, 1.165) is 11.9 Å². The molecule has 0 amide bonds. The molecule has 1 heteroatoms. The van der Waals surface area contributed by atoms with E-state index >= 15 is 0 Å². The van der Waals surface area contributed by atoms with Crippen LogP contribution >= 0.6 is 0 Å². The average molecular weight is 259 g/mol. The normalized spacial score (nSPS) is 12.6. The molecular weight excluding hydrogens is 242 g/mol. The Morgan fingerprint density at radius 3 is 2.50 bits per heavy atom. The molecule has 1 aromatic heterocycles. The van der Waals surface area contributed by atoms with Gasteiger partial charge in [0.05, 0.1) is 11.2 Å². The van der Waals surface area contributed by atoms with Gasteiger partial charge in [-0.2, -0.15) is 0 Å². The minimum atomic E-state index is 0.968. The fourth-order valence-electron chi connectivity index (χ4n) is 3.21. The number of nitrogens with zero attached hydrogens (tertiary/aromatic N) is 1. The standard InChI is InChI=1S/C19H17N/c1-11-5-4-6-14-9-17-16-8-13(3)12(2)7-15(16)10-18(17)20-19(11)14/h4-9H,10H2,1-3H3. The molecule has 0 spiro atoms. The van der Waals surface area contributed by atoms with Gasteiger partial charge in [-0.1, -0.05) is 30.3 Å². The molecule has 0 saturated carbocycles. The van der Waals surface area contributed by atoms with Crippen molar-refractivity contribution < 1.29 is 0 Å². The monoisotopic (exact) mass is 259 g/mol. The van der Waals surface area contributed by atoms with Crippen molar-refractivity contribution in [2.24, 2.45) is 0 Å². The Labute approximate surface area is 119 Å². The van der Waals surface area contributed by atoms with Crippen molar-refractivity contribution in [2.75, 3.05) is 0 Å². The van der Waals surface area contributed by atoms with Gasteiger partial charge in [0.15, 0.2) is 0 Å². The van der Waals surface area contributed by atoms with E-state index in [0.29, 0.717) is 0 Å². The van der Waals surface area contributed by atoms with Gasteiger partial charge in [-0.3, -0.25) is 4.98 Å². The molecule has 0 bridgehead atoms. The van der Waals surface area contributed by atoms with E-state index in [1.807, 2.05) is 0 Å². The molecule has 0 N–H and O–H groups in total. The summed E-state index contributed by atoms with van der Waals surface area (Å²) in [5, 5.41) is 1.25. The summed E-state index contributed by atoms with van der Waals surface area (Å²) in [6, 6.07) is 13.4. The number of benzene rings is 2. The van der Waals surface area contributed by atoms with Gasteiger partial charge in [-0.15, -0.1) is 0 Å². The van der Waals surface area contributed by atoms with Gasteiger partial charge in [0.25, 0.3) is 0 Å². The summed E-state index contributed by atoms with van der Waals surface area (Å²) in [6.07, 6.45) is 0.968. The number of pyridine rings is 1. The second-order valence-corrected chi connectivity index (χ2v) is 5.90. The summed E-state index contributed by atoms with van der Waals surface area (Å²) in [4.78, 5) is 4.93. The largest absolute Gasteiger partial charge is 0.252 e. The van der Waals surface area contributed by atoms with Crippen molar-refractivity contribution in [3.8, 4) is 11.1 Å². The highest BCUT2D eigenvalue weighted by molar-refractivity contribution is 5.89. The molecule has 1 nitrogen and oxygen atoms in total. The number of aryl methyl sites for hydroxylation is 3. The number of para-hydroxylation sites is 1. The molecule has 3 aromatic rings. The maximum atomic E-state index is 4.93. The number of aromatic nitrogens is 1. The molecule has 2 aromatic carbocycles. The van der Waals surface area contributed by atoms with Crippen LogP contribution in [-0.2, 0) is 6.42 Å². The molecule has 98 valence electrons. The topological polar surface area (TPSA) is 12.9 Å². The van der Waals surface area contributed by atoms with Crippen molar-refractivity contribution in [1.82, 2.24) is 4.98 Å². The number of rotatable bonds is 0. The highest BCUT2D eigenvalue weighted by atomic mass is 14.7. The Hall–Kier alpha value is -2.15. The molecule has 0 saturated heterocycles. The summed E-state index contributed by atoms with van der Waals surface area (Å²) in [7, 11) is 0. The highest BCUT2D eigenvalue weighted by Crippen LogP contribution is 2.38. The molecule has 0 radical (unpaired) electrons. The maximum absolute atomic E-state index is 4.93. The zero-order chi connectivity index (χ0) is 13.9. The third-order valence-electron chi connectivity index (χ3n) is 4.49. The Balaban J connectivity index is 2.03. The Morgan fingerprint density at radius 2 is 1.65 bits per heavy atom. The molecule has 1 heterocycles. The minimum Gasteiger partial charge on any atom is -0.252 e. The van der Waals surface area contributed by atoms with E-state index in [9.17, 15) is 0 Å². The number of fused-ring (bicyclic) bond motifs is 4. The van der Waals surface area contributed by atoms with Gasteiger partial charge in [-0.25, -0.2) is 0 Å². The van der Waals surface area contributed by atoms with Crippen molar-refractivity contribution in [3.63, 3.8) is 0 Å². The molecule has 0 atom stereocenters. The van der Waals surface area contributed by atoms with Crippen molar-refractivity contribution in [1.29, 1.82) is 0 Å². The van der Waals surface area contributed by atoms with E-state index in [1.165, 1.54) is 44.5 Å². The summed E-state index contributed by atoms with van der Waals surface area (Å²) < 4.78 is 0. The van der Waals surface area contributed by atoms with Gasteiger partial charge >= 0.3 is 0 Å². The van der Waals surface area contributed by atoms with Crippen molar-refractivity contribution in [3.05, 3.63) is 64.3 Å². The first-order valence-corrected chi connectivity index (χ1v) is 7.13. The van der Waals surface area contributed by atoms with Crippen LogP contribution in [0.4, 0.5) is 0 Å². The lowest BCUT2D eigenvalue weighted by Gasteiger charge is -2.07. The quantitative estimate of drug-likeness (QED) is 0.445. The van der Waals surface area contributed by atoms with Gasteiger partial charge in [-0.05, 0) is 54.7 Å². The molecule has 4 rings (SSSR count). The first-order valence-electron chi connectivity index (χ1n) is 7.13. The van der Waals surface area contributed by atoms with Crippen LogP contribution in [-0.4, -0.2) is 4.98 Å². The van der Waals surface area contributed by atoms with Crippen LogP contribution in [0, 0.1) is 20.8 Å². The third-order valence-corrected chi connectivity index (χ3v) is 4.49. The summed E-state index contributed by atoms with van der Waals surface area (Å²) in [6.45, 7) is 6.51.